The van der Waals surface area contributed by atoms with Gasteiger partial charge in [-0.1, -0.05) is 29.3 Å². The van der Waals surface area contributed by atoms with Crippen LogP contribution in [0.15, 0.2) is 23.0 Å². The summed E-state index contributed by atoms with van der Waals surface area (Å²) in [6.45, 7) is 2.94. The minimum Gasteiger partial charge on any atom is -1.00 e. The number of nitrogens with one attached hydrogen (secondary N) is 1. The van der Waals surface area contributed by atoms with Gasteiger partial charge in [0.05, 0.1) is 25.2 Å². The summed E-state index contributed by atoms with van der Waals surface area (Å²) in [4.78, 5) is 30.6. The Labute approximate surface area is 186 Å². The molecule has 4 rings (SSSR count). The Hall–Kier alpha value is -2.20. The first-order valence-corrected chi connectivity index (χ1v) is 9.91. The number of carbonyl (C=O) groups is 1. The number of imidazole rings is 1. The monoisotopic (exact) mass is 474 g/mol. The number of carbonyl (C=O) groups excluding carboxylic acids is 1. The van der Waals surface area contributed by atoms with Crippen LogP contribution in [-0.4, -0.2) is 56.6 Å². The summed E-state index contributed by atoms with van der Waals surface area (Å²) >= 11 is 12.0. The molecule has 0 aliphatic carbocycles. The van der Waals surface area contributed by atoms with Gasteiger partial charge in [-0.25, -0.2) is 23.7 Å². The molecular formula is C18H18Cl3FN6O2. The van der Waals surface area contributed by atoms with Crippen molar-refractivity contribution in [2.24, 2.45) is 0 Å². The summed E-state index contributed by atoms with van der Waals surface area (Å²) in [6.07, 6.45) is 1.08. The lowest BCUT2D eigenvalue weighted by atomic mass is 10.0. The van der Waals surface area contributed by atoms with Crippen LogP contribution in [0.25, 0.3) is 5.65 Å². The molecule has 1 aromatic carbocycles. The number of nitrogens with zero attached hydrogens (tertiary/aromatic N) is 4. The fourth-order valence-corrected chi connectivity index (χ4v) is 3.79. The maximum Gasteiger partial charge on any atom is 0.348 e. The van der Waals surface area contributed by atoms with Gasteiger partial charge in [-0.15, -0.1) is 0 Å². The molecule has 30 heavy (non-hydrogen) atoms. The van der Waals surface area contributed by atoms with Crippen molar-refractivity contribution in [3.05, 3.63) is 61.6 Å². The Morgan fingerprint density at radius 1 is 1.27 bits per heavy atom. The number of benzene rings is 1. The van der Waals surface area contributed by atoms with Crippen molar-refractivity contribution in [1.29, 1.82) is 0 Å². The number of aromatic amines is 1. The van der Waals surface area contributed by atoms with Crippen molar-refractivity contribution in [2.75, 3.05) is 26.2 Å². The maximum atomic E-state index is 14.4. The van der Waals surface area contributed by atoms with Gasteiger partial charge >= 0.3 is 5.69 Å². The Kier molecular flexibility index (Phi) is 6.97. The van der Waals surface area contributed by atoms with Crippen molar-refractivity contribution in [3.63, 3.8) is 0 Å². The number of halogens is 4. The average molecular weight is 476 g/mol. The fraction of sp³-hybridized carbons (Fsp3) is 0.333. The van der Waals surface area contributed by atoms with Gasteiger partial charge in [0, 0.05) is 19.4 Å². The molecule has 2 aromatic heterocycles. The largest absolute Gasteiger partial charge is 1.00 e. The molecule has 1 aliphatic heterocycles. The molecule has 0 saturated carbocycles. The number of aromatic nitrogens is 4. The van der Waals surface area contributed by atoms with E-state index in [-0.39, 0.29) is 46.3 Å². The molecule has 3 N–H and O–H groups in total. The summed E-state index contributed by atoms with van der Waals surface area (Å²) in [7, 11) is 0. The summed E-state index contributed by atoms with van der Waals surface area (Å²) in [5.74, 6) is -0.899. The first-order chi connectivity index (χ1) is 14.0. The standard InChI is InChI=1S/C18H17Cl2FN6O2.ClH/c19-14-15(20)27-16(23-14)13(24-25-18(27)29)9-10-2-3-12(21)11(8-10)17(28)26-6-1-4-22-5-7-26;/h2-3,8,22H,1,4-7,9H2,(H,25,29);1H. The van der Waals surface area contributed by atoms with E-state index in [9.17, 15) is 14.0 Å². The first kappa shape index (κ1) is 22.5. The van der Waals surface area contributed by atoms with Crippen LogP contribution >= 0.6 is 23.2 Å². The second-order valence-electron chi connectivity index (χ2n) is 6.83. The van der Waals surface area contributed by atoms with Crippen LogP contribution in [0.3, 0.4) is 0 Å². The molecule has 0 atom stereocenters. The molecule has 1 fully saturated rings. The zero-order valence-electron chi connectivity index (χ0n) is 15.7. The highest BCUT2D eigenvalue weighted by Gasteiger charge is 2.22. The predicted octanol–water partition coefficient (Wildman–Crippen LogP) is -2.13. The minimum absolute atomic E-state index is 0. The predicted molar refractivity (Wildman–Crippen MR) is 105 cm³/mol. The van der Waals surface area contributed by atoms with E-state index in [2.05, 4.69) is 20.5 Å². The summed E-state index contributed by atoms with van der Waals surface area (Å²) < 4.78 is 15.5. The summed E-state index contributed by atoms with van der Waals surface area (Å²) in [6, 6.07) is 4.35. The van der Waals surface area contributed by atoms with Crippen molar-refractivity contribution in [1.82, 2.24) is 24.5 Å². The van der Waals surface area contributed by atoms with Gasteiger partial charge in [0.25, 0.3) is 5.91 Å². The molecular weight excluding hydrogens is 458 g/mol. The maximum absolute atomic E-state index is 14.4. The number of hydrogen-bond acceptors (Lipinski definition) is 4. The Morgan fingerprint density at radius 3 is 2.87 bits per heavy atom. The van der Waals surface area contributed by atoms with E-state index in [1.54, 1.807) is 11.0 Å². The van der Waals surface area contributed by atoms with Crippen molar-refractivity contribution < 1.29 is 26.9 Å². The zero-order valence-corrected chi connectivity index (χ0v) is 17.9. The lowest BCUT2D eigenvalue weighted by molar-refractivity contribution is -0.651. The van der Waals surface area contributed by atoms with Crippen molar-refractivity contribution in [3.8, 4) is 0 Å². The van der Waals surface area contributed by atoms with E-state index in [4.69, 9.17) is 23.2 Å². The molecule has 3 aromatic rings. The van der Waals surface area contributed by atoms with E-state index < -0.39 is 11.5 Å². The van der Waals surface area contributed by atoms with Crippen molar-refractivity contribution >= 4 is 34.8 Å². The minimum atomic E-state index is -0.571. The number of nitrogens with two attached hydrogens (primary N) is 1. The summed E-state index contributed by atoms with van der Waals surface area (Å²) in [5, 5.41) is 8.49. The van der Waals surface area contributed by atoms with Gasteiger partial charge in [0.15, 0.2) is 16.0 Å². The molecule has 160 valence electrons. The lowest BCUT2D eigenvalue weighted by Gasteiger charge is -2.19. The third-order valence-corrected chi connectivity index (χ3v) is 5.60. The highest BCUT2D eigenvalue weighted by atomic mass is 35.5. The van der Waals surface area contributed by atoms with E-state index in [0.717, 1.165) is 23.9 Å². The summed E-state index contributed by atoms with van der Waals surface area (Å²) in [5.41, 5.74) is 0.704. The molecule has 1 aliphatic rings. The van der Waals surface area contributed by atoms with Crippen molar-refractivity contribution in [2.45, 2.75) is 12.8 Å². The van der Waals surface area contributed by atoms with Crippen LogP contribution in [0, 0.1) is 5.82 Å². The van der Waals surface area contributed by atoms with Crippen LogP contribution in [-0.2, 0) is 6.42 Å². The Morgan fingerprint density at radius 2 is 2.07 bits per heavy atom. The van der Waals surface area contributed by atoms with E-state index in [1.165, 1.54) is 12.1 Å². The third-order valence-electron chi connectivity index (χ3n) is 4.89. The lowest BCUT2D eigenvalue weighted by Crippen LogP contribution is -3.00. The number of rotatable bonds is 3. The molecule has 3 heterocycles. The molecule has 1 saturated heterocycles. The second-order valence-corrected chi connectivity index (χ2v) is 7.55. The van der Waals surface area contributed by atoms with E-state index in [0.29, 0.717) is 24.3 Å². The highest BCUT2D eigenvalue weighted by Crippen LogP contribution is 2.23. The van der Waals surface area contributed by atoms with Gasteiger partial charge < -0.3 is 22.6 Å². The molecule has 12 heteroatoms. The number of fused-ring (bicyclic) bond motifs is 1. The molecule has 0 bridgehead atoms. The van der Waals surface area contributed by atoms with Gasteiger partial charge in [-0.2, -0.15) is 5.10 Å². The Bertz CT molecular complexity index is 1140. The van der Waals surface area contributed by atoms with Crippen LogP contribution in [0.5, 0.6) is 0 Å². The van der Waals surface area contributed by atoms with Gasteiger partial charge in [-0.05, 0) is 17.7 Å². The molecule has 0 radical (unpaired) electrons. The number of H-pyrrole nitrogens is 1. The van der Waals surface area contributed by atoms with E-state index >= 15 is 0 Å². The molecule has 1 amide bonds. The third kappa shape index (κ3) is 4.29. The van der Waals surface area contributed by atoms with Gasteiger partial charge in [0.2, 0.25) is 0 Å². The topological polar surface area (TPSA) is 100.0 Å². The Balaban J connectivity index is 0.00000256. The number of quaternary nitrogens is 1. The molecule has 8 nitrogen and oxygen atoms in total. The average Bonchev–Trinajstić information content (AvgIpc) is 2.89. The highest BCUT2D eigenvalue weighted by molar-refractivity contribution is 6.40. The van der Waals surface area contributed by atoms with Gasteiger partial charge in [0.1, 0.15) is 11.5 Å². The van der Waals surface area contributed by atoms with Crippen LogP contribution < -0.4 is 23.4 Å². The van der Waals surface area contributed by atoms with Gasteiger partial charge in [-0.3, -0.25) is 4.79 Å². The second kappa shape index (κ2) is 9.30. The van der Waals surface area contributed by atoms with Crippen LogP contribution in [0.4, 0.5) is 4.39 Å². The van der Waals surface area contributed by atoms with E-state index in [1.807, 2.05) is 0 Å². The normalized spacial score (nSPS) is 14.4. The smallest absolute Gasteiger partial charge is 0.348 e. The first-order valence-electron chi connectivity index (χ1n) is 9.16. The SMILES string of the molecule is O=C(c1cc(Cc2n[nH]c(=O)n3c(Cl)c(Cl)nc23)ccc1F)N1CCC[NH2+]CC1.[Cl-]. The van der Waals surface area contributed by atoms with Crippen LogP contribution in [0.1, 0.15) is 28.0 Å². The molecule has 0 unspecified atom stereocenters. The van der Waals surface area contributed by atoms with Crippen LogP contribution in [0.2, 0.25) is 10.3 Å². The quantitative estimate of drug-likeness (QED) is 0.452. The fourth-order valence-electron chi connectivity index (χ4n) is 3.43. The zero-order chi connectivity index (χ0) is 20.5. The number of hydrogen-bond donors (Lipinski definition) is 2. The molecule has 0 spiro atoms. The number of amides is 1.